The minimum atomic E-state index is 0.703. The van der Waals surface area contributed by atoms with E-state index in [0.29, 0.717) is 6.04 Å². The molecule has 1 aliphatic heterocycles. The zero-order valence-corrected chi connectivity index (χ0v) is 6.63. The van der Waals surface area contributed by atoms with Gasteiger partial charge in [-0.2, -0.15) is 0 Å². The van der Waals surface area contributed by atoms with Crippen molar-refractivity contribution < 1.29 is 0 Å². The molecule has 0 bridgehead atoms. The third-order valence-corrected chi connectivity index (χ3v) is 2.15. The lowest BCUT2D eigenvalue weighted by atomic mass is 10.1. The fourth-order valence-corrected chi connectivity index (χ4v) is 1.65. The Bertz CT molecular complexity index is 68.7. The largest absolute Gasteiger partial charge is 0.315 e. The summed E-state index contributed by atoms with van der Waals surface area (Å²) in [6.07, 6.45) is 4.72. The van der Waals surface area contributed by atoms with Gasteiger partial charge in [-0.1, -0.05) is 11.9 Å². The molecule has 1 heterocycles. The van der Waals surface area contributed by atoms with E-state index in [9.17, 15) is 0 Å². The molecule has 1 unspecified atom stereocenters. The fraction of sp³-hybridized carbons (Fsp3) is 1.00. The normalized spacial score (nSPS) is 28.3. The lowest BCUT2D eigenvalue weighted by molar-refractivity contribution is 0.441. The topological polar surface area (TPSA) is 24.1 Å². The van der Waals surface area contributed by atoms with Crippen LogP contribution in [0.25, 0.3) is 0 Å². The second kappa shape index (κ2) is 4.14. The summed E-state index contributed by atoms with van der Waals surface area (Å²) >= 11 is 1.72. The summed E-state index contributed by atoms with van der Waals surface area (Å²) in [5, 5.41) is 3.34. The summed E-state index contributed by atoms with van der Waals surface area (Å²) < 4.78 is 3.34. The predicted molar refractivity (Wildman–Crippen MR) is 42.5 cm³/mol. The lowest BCUT2D eigenvalue weighted by Gasteiger charge is -2.22. The van der Waals surface area contributed by atoms with Crippen LogP contribution in [0.2, 0.25) is 0 Å². The SMILES string of the molecule is CSNC1CCCNC1. The maximum atomic E-state index is 3.34. The van der Waals surface area contributed by atoms with Crippen molar-refractivity contribution in [3.8, 4) is 0 Å². The standard InChI is InChI=1S/C6H14N2S/c1-9-8-6-3-2-4-7-5-6/h6-8H,2-5H2,1H3. The van der Waals surface area contributed by atoms with Gasteiger partial charge in [-0.05, 0) is 25.6 Å². The Labute approximate surface area is 60.9 Å². The highest BCUT2D eigenvalue weighted by atomic mass is 32.2. The maximum Gasteiger partial charge on any atom is 0.0297 e. The predicted octanol–water partition coefficient (Wildman–Crippen LogP) is 0.606. The van der Waals surface area contributed by atoms with Crippen molar-refractivity contribution in [2.75, 3.05) is 19.3 Å². The highest BCUT2D eigenvalue weighted by molar-refractivity contribution is 7.96. The third-order valence-electron chi connectivity index (χ3n) is 1.58. The van der Waals surface area contributed by atoms with Crippen LogP contribution in [0.5, 0.6) is 0 Å². The van der Waals surface area contributed by atoms with Gasteiger partial charge in [0.05, 0.1) is 0 Å². The molecule has 0 aromatic heterocycles. The third kappa shape index (κ3) is 2.56. The summed E-state index contributed by atoms with van der Waals surface area (Å²) in [5.74, 6) is 0. The van der Waals surface area contributed by atoms with E-state index in [0.717, 1.165) is 6.54 Å². The Morgan fingerprint density at radius 2 is 2.56 bits per heavy atom. The van der Waals surface area contributed by atoms with E-state index >= 15 is 0 Å². The van der Waals surface area contributed by atoms with Gasteiger partial charge < -0.3 is 5.32 Å². The minimum absolute atomic E-state index is 0.703. The average Bonchev–Trinajstić information content (AvgIpc) is 1.91. The van der Waals surface area contributed by atoms with Crippen LogP contribution in [0.4, 0.5) is 0 Å². The zero-order chi connectivity index (χ0) is 6.53. The van der Waals surface area contributed by atoms with Crippen LogP contribution < -0.4 is 10.0 Å². The van der Waals surface area contributed by atoms with Crippen molar-refractivity contribution in [2.45, 2.75) is 18.9 Å². The van der Waals surface area contributed by atoms with Crippen molar-refractivity contribution in [3.05, 3.63) is 0 Å². The van der Waals surface area contributed by atoms with Gasteiger partial charge in [0, 0.05) is 12.6 Å². The molecule has 2 N–H and O–H groups in total. The van der Waals surface area contributed by atoms with Gasteiger partial charge in [0.1, 0.15) is 0 Å². The molecule has 1 aliphatic rings. The Balaban J connectivity index is 2.08. The molecule has 1 atom stereocenters. The van der Waals surface area contributed by atoms with Crippen molar-refractivity contribution >= 4 is 11.9 Å². The maximum absolute atomic E-state index is 3.34. The van der Waals surface area contributed by atoms with Crippen LogP contribution in [0.1, 0.15) is 12.8 Å². The molecule has 0 saturated carbocycles. The van der Waals surface area contributed by atoms with Crippen LogP contribution in [-0.4, -0.2) is 25.4 Å². The summed E-state index contributed by atoms with van der Waals surface area (Å²) in [6, 6.07) is 0.703. The highest BCUT2D eigenvalue weighted by Crippen LogP contribution is 2.03. The van der Waals surface area contributed by atoms with Gasteiger partial charge in [0.2, 0.25) is 0 Å². The second-order valence-corrected chi connectivity index (χ2v) is 3.01. The second-order valence-electron chi connectivity index (χ2n) is 2.37. The van der Waals surface area contributed by atoms with Gasteiger partial charge in [-0.25, -0.2) is 0 Å². The molecule has 0 aliphatic carbocycles. The van der Waals surface area contributed by atoms with E-state index in [-0.39, 0.29) is 0 Å². The fourth-order valence-electron chi connectivity index (χ4n) is 1.12. The van der Waals surface area contributed by atoms with Crippen LogP contribution in [0.15, 0.2) is 0 Å². The summed E-state index contributed by atoms with van der Waals surface area (Å²) in [5.41, 5.74) is 0. The average molecular weight is 146 g/mol. The van der Waals surface area contributed by atoms with E-state index in [1.165, 1.54) is 19.4 Å². The van der Waals surface area contributed by atoms with Crippen LogP contribution >= 0.6 is 11.9 Å². The van der Waals surface area contributed by atoms with Gasteiger partial charge in [-0.3, -0.25) is 4.72 Å². The highest BCUT2D eigenvalue weighted by Gasteiger charge is 2.10. The molecule has 0 amide bonds. The van der Waals surface area contributed by atoms with Crippen molar-refractivity contribution in [2.24, 2.45) is 0 Å². The van der Waals surface area contributed by atoms with Gasteiger partial charge in [-0.15, -0.1) is 0 Å². The molecule has 54 valence electrons. The monoisotopic (exact) mass is 146 g/mol. The molecule has 1 fully saturated rings. The summed E-state index contributed by atoms with van der Waals surface area (Å²) in [6.45, 7) is 2.34. The molecule has 1 saturated heterocycles. The first-order valence-corrected chi connectivity index (χ1v) is 4.65. The van der Waals surface area contributed by atoms with Crippen LogP contribution in [0, 0.1) is 0 Å². The van der Waals surface area contributed by atoms with Gasteiger partial charge in [0.25, 0.3) is 0 Å². The molecule has 0 aromatic rings. The number of rotatable bonds is 2. The minimum Gasteiger partial charge on any atom is -0.315 e. The Hall–Kier alpha value is 0.270. The molecule has 2 nitrogen and oxygen atoms in total. The Morgan fingerprint density at radius 3 is 3.11 bits per heavy atom. The Kier molecular flexibility index (Phi) is 3.40. The molecule has 1 rings (SSSR count). The first-order chi connectivity index (χ1) is 4.43. The van der Waals surface area contributed by atoms with E-state index < -0.39 is 0 Å². The van der Waals surface area contributed by atoms with Gasteiger partial charge in [0.15, 0.2) is 0 Å². The van der Waals surface area contributed by atoms with E-state index in [1.54, 1.807) is 11.9 Å². The number of hydrogen-bond donors (Lipinski definition) is 2. The van der Waals surface area contributed by atoms with Gasteiger partial charge >= 0.3 is 0 Å². The quantitative estimate of drug-likeness (QED) is 0.558. The van der Waals surface area contributed by atoms with Crippen LogP contribution in [-0.2, 0) is 0 Å². The zero-order valence-electron chi connectivity index (χ0n) is 5.81. The first-order valence-electron chi connectivity index (χ1n) is 3.42. The van der Waals surface area contributed by atoms with E-state index in [4.69, 9.17) is 0 Å². The lowest BCUT2D eigenvalue weighted by Crippen LogP contribution is -2.40. The first kappa shape index (κ1) is 7.38. The van der Waals surface area contributed by atoms with Crippen molar-refractivity contribution in [3.63, 3.8) is 0 Å². The number of nitrogens with one attached hydrogen (secondary N) is 2. The molecule has 0 radical (unpaired) electrons. The molecular formula is C6H14N2S. The van der Waals surface area contributed by atoms with Crippen molar-refractivity contribution in [1.82, 2.24) is 10.0 Å². The molecule has 3 heteroatoms. The summed E-state index contributed by atoms with van der Waals surface area (Å²) in [4.78, 5) is 0. The number of piperidine rings is 1. The van der Waals surface area contributed by atoms with Crippen molar-refractivity contribution in [1.29, 1.82) is 0 Å². The van der Waals surface area contributed by atoms with E-state index in [2.05, 4.69) is 16.3 Å². The molecule has 9 heavy (non-hydrogen) atoms. The molecule has 0 aromatic carbocycles. The van der Waals surface area contributed by atoms with Crippen LogP contribution in [0.3, 0.4) is 0 Å². The molecular weight excluding hydrogens is 132 g/mol. The number of hydrogen-bond acceptors (Lipinski definition) is 3. The smallest absolute Gasteiger partial charge is 0.0297 e. The summed E-state index contributed by atoms with van der Waals surface area (Å²) in [7, 11) is 0. The van der Waals surface area contributed by atoms with E-state index in [1.807, 2.05) is 0 Å². The molecule has 0 spiro atoms. The Morgan fingerprint density at radius 1 is 1.67 bits per heavy atom.